The minimum atomic E-state index is -0.975. The van der Waals surface area contributed by atoms with Crippen molar-refractivity contribution < 1.29 is 34.1 Å². The van der Waals surface area contributed by atoms with E-state index in [0.29, 0.717) is 47.0 Å². The summed E-state index contributed by atoms with van der Waals surface area (Å²) in [7, 11) is 3.45. The van der Waals surface area contributed by atoms with Gasteiger partial charge in [0.05, 0.1) is 37.4 Å². The lowest BCUT2D eigenvalue weighted by atomic mass is 9.94. The maximum atomic E-state index is 13.4. The Labute approximate surface area is 219 Å². The molecule has 0 bridgehead atoms. The van der Waals surface area contributed by atoms with Crippen LogP contribution < -0.4 is 19.3 Å². The molecule has 0 saturated carbocycles. The summed E-state index contributed by atoms with van der Waals surface area (Å²) in [6.45, 7) is 1.22. The van der Waals surface area contributed by atoms with Gasteiger partial charge in [-0.05, 0) is 53.6 Å². The van der Waals surface area contributed by atoms with Crippen molar-refractivity contribution in [1.29, 1.82) is 0 Å². The summed E-state index contributed by atoms with van der Waals surface area (Å²) in [6, 6.07) is 17.5. The third-order valence-electron chi connectivity index (χ3n) is 6.77. The van der Waals surface area contributed by atoms with Crippen molar-refractivity contribution in [2.75, 3.05) is 37.1 Å². The van der Waals surface area contributed by atoms with E-state index < -0.39 is 23.7 Å². The summed E-state index contributed by atoms with van der Waals surface area (Å²) < 4.78 is 11.0. The van der Waals surface area contributed by atoms with Crippen LogP contribution in [0.4, 0.5) is 11.4 Å². The van der Waals surface area contributed by atoms with E-state index in [9.17, 15) is 19.5 Å². The molecule has 2 aliphatic rings. The van der Waals surface area contributed by atoms with Crippen molar-refractivity contribution >= 4 is 34.8 Å². The molecule has 1 fully saturated rings. The lowest BCUT2D eigenvalue weighted by Crippen LogP contribution is -2.29. The predicted octanol–water partition coefficient (Wildman–Crippen LogP) is 3.78. The van der Waals surface area contributed by atoms with Crippen LogP contribution in [0.5, 0.6) is 11.5 Å². The van der Waals surface area contributed by atoms with E-state index in [0.717, 1.165) is 5.69 Å². The van der Waals surface area contributed by atoms with Crippen LogP contribution in [0.3, 0.4) is 0 Å². The molecule has 2 heterocycles. The van der Waals surface area contributed by atoms with Gasteiger partial charge in [0, 0.05) is 18.3 Å². The Morgan fingerprint density at radius 3 is 2.39 bits per heavy atom. The minimum Gasteiger partial charge on any atom is -0.507 e. The summed E-state index contributed by atoms with van der Waals surface area (Å²) in [5, 5.41) is 20.6. The molecule has 3 aromatic carbocycles. The lowest BCUT2D eigenvalue weighted by molar-refractivity contribution is -0.136. The van der Waals surface area contributed by atoms with Gasteiger partial charge in [-0.15, -0.1) is 0 Å². The Morgan fingerprint density at radius 1 is 1.03 bits per heavy atom. The van der Waals surface area contributed by atoms with E-state index in [2.05, 4.69) is 0 Å². The zero-order chi connectivity index (χ0) is 27.0. The van der Waals surface area contributed by atoms with Gasteiger partial charge in [0.25, 0.3) is 11.7 Å². The fourth-order valence-electron chi connectivity index (χ4n) is 4.80. The highest BCUT2D eigenvalue weighted by atomic mass is 16.5. The summed E-state index contributed by atoms with van der Waals surface area (Å²) >= 11 is 0. The molecule has 0 aliphatic carbocycles. The number of rotatable bonds is 6. The van der Waals surface area contributed by atoms with Crippen LogP contribution in [0.25, 0.3) is 5.76 Å². The number of ether oxygens (including phenoxy) is 2. The first-order valence-corrected chi connectivity index (χ1v) is 12.0. The van der Waals surface area contributed by atoms with E-state index in [4.69, 9.17) is 14.6 Å². The number of aliphatic hydroxyl groups is 1. The second-order valence-corrected chi connectivity index (χ2v) is 9.13. The molecule has 1 unspecified atom stereocenters. The van der Waals surface area contributed by atoms with E-state index in [-0.39, 0.29) is 17.8 Å². The average Bonchev–Trinajstić information content (AvgIpc) is 3.18. The van der Waals surface area contributed by atoms with Crippen LogP contribution in [0.15, 0.2) is 72.3 Å². The average molecular weight is 515 g/mol. The van der Waals surface area contributed by atoms with Gasteiger partial charge >= 0.3 is 5.97 Å². The predicted molar refractivity (Wildman–Crippen MR) is 141 cm³/mol. The van der Waals surface area contributed by atoms with Gasteiger partial charge < -0.3 is 24.6 Å². The van der Waals surface area contributed by atoms with Crippen molar-refractivity contribution in [2.24, 2.45) is 0 Å². The fourth-order valence-corrected chi connectivity index (χ4v) is 4.80. The number of Topliss-reactive ketones (excluding diaryl/α,β-unsaturated/α-hetero) is 1. The number of aliphatic carboxylic acids is 1. The molecule has 0 aromatic heterocycles. The number of fused-ring (bicyclic) bond motifs is 1. The maximum Gasteiger partial charge on any atom is 0.307 e. The molecule has 9 nitrogen and oxygen atoms in total. The number of methoxy groups -OCH3 is 1. The Morgan fingerprint density at radius 2 is 1.74 bits per heavy atom. The van der Waals surface area contributed by atoms with Gasteiger partial charge in [0.1, 0.15) is 23.9 Å². The lowest BCUT2D eigenvalue weighted by Gasteiger charge is -2.28. The van der Waals surface area contributed by atoms with Gasteiger partial charge in [-0.3, -0.25) is 19.3 Å². The first-order chi connectivity index (χ1) is 18.3. The van der Waals surface area contributed by atoms with Crippen LogP contribution in [0, 0.1) is 0 Å². The van der Waals surface area contributed by atoms with E-state index in [1.807, 2.05) is 11.9 Å². The maximum absolute atomic E-state index is 13.4. The summed E-state index contributed by atoms with van der Waals surface area (Å²) in [4.78, 5) is 41.2. The molecule has 0 spiro atoms. The highest BCUT2D eigenvalue weighted by molar-refractivity contribution is 6.51. The second-order valence-electron chi connectivity index (χ2n) is 9.13. The highest BCUT2D eigenvalue weighted by Crippen LogP contribution is 2.43. The van der Waals surface area contributed by atoms with Crippen LogP contribution in [0.2, 0.25) is 0 Å². The normalized spacial score (nSPS) is 18.2. The Hall–Kier alpha value is -4.79. The number of carboxylic acids is 1. The molecule has 9 heteroatoms. The second kappa shape index (κ2) is 9.93. The van der Waals surface area contributed by atoms with Gasteiger partial charge in [0.2, 0.25) is 0 Å². The number of carbonyl (C=O) groups is 3. The number of nitrogens with zero attached hydrogens (tertiary/aromatic N) is 2. The monoisotopic (exact) mass is 514 g/mol. The van der Waals surface area contributed by atoms with Gasteiger partial charge in [-0.2, -0.15) is 0 Å². The number of anilines is 2. The smallest absolute Gasteiger partial charge is 0.307 e. The highest BCUT2D eigenvalue weighted by Gasteiger charge is 2.47. The number of aliphatic hydroxyl groups excluding tert-OH is 1. The fraction of sp³-hybridized carbons (Fsp3) is 0.207. The zero-order valence-corrected chi connectivity index (χ0v) is 20.9. The number of ketones is 1. The van der Waals surface area contributed by atoms with E-state index in [1.54, 1.807) is 66.7 Å². The third-order valence-corrected chi connectivity index (χ3v) is 6.77. The molecule has 38 heavy (non-hydrogen) atoms. The van der Waals surface area contributed by atoms with E-state index in [1.165, 1.54) is 12.0 Å². The Kier molecular flexibility index (Phi) is 6.50. The molecule has 5 rings (SSSR count). The topological polar surface area (TPSA) is 117 Å². The molecule has 2 aliphatic heterocycles. The number of hydrogen-bond acceptors (Lipinski definition) is 7. The Bertz CT molecular complexity index is 1440. The van der Waals surface area contributed by atoms with Crippen molar-refractivity contribution in [3.63, 3.8) is 0 Å². The number of likely N-dealkylation sites (N-methyl/N-ethyl adjacent to an activating group) is 1. The molecule has 1 atom stereocenters. The SMILES string of the molecule is COc1ccc(C2/C(=C(/O)c3ccc4c(c3)N(C)CCO4)C(=O)C(=O)N2c2ccc(CC(=O)O)cc2)cc1. The molecule has 2 N–H and O–H groups in total. The quantitative estimate of drug-likeness (QED) is 0.290. The van der Waals surface area contributed by atoms with Gasteiger partial charge in [-0.25, -0.2) is 0 Å². The molecule has 194 valence electrons. The summed E-state index contributed by atoms with van der Waals surface area (Å²) in [5.41, 5.74) is 2.66. The molecule has 1 saturated heterocycles. The first-order valence-electron chi connectivity index (χ1n) is 12.0. The standard InChI is InChI=1S/C29H26N2O7/c1-30-13-14-38-23-12-7-19(16-22(23)30)27(34)25-26(18-5-10-21(37-2)11-6-18)31(29(36)28(25)35)20-8-3-17(4-9-20)15-24(32)33/h3-12,16,26,34H,13-15H2,1-2H3,(H,32,33)/b27-25-. The van der Waals surface area contributed by atoms with Crippen LogP contribution in [-0.2, 0) is 20.8 Å². The largest absolute Gasteiger partial charge is 0.507 e. The number of hydrogen-bond donors (Lipinski definition) is 2. The van der Waals surface area contributed by atoms with Crippen molar-refractivity contribution in [3.8, 4) is 11.5 Å². The summed E-state index contributed by atoms with van der Waals surface area (Å²) in [6.07, 6.45) is -0.169. The van der Waals surface area contributed by atoms with Crippen LogP contribution in [-0.4, -0.2) is 55.2 Å². The van der Waals surface area contributed by atoms with E-state index >= 15 is 0 Å². The van der Waals surface area contributed by atoms with Crippen molar-refractivity contribution in [1.82, 2.24) is 0 Å². The van der Waals surface area contributed by atoms with Gasteiger partial charge in [-0.1, -0.05) is 24.3 Å². The number of benzene rings is 3. The molecular formula is C29H26N2O7. The molecule has 3 aromatic rings. The number of carboxylic acid groups (broad SMARTS) is 1. The molecular weight excluding hydrogens is 488 g/mol. The van der Waals surface area contributed by atoms with Crippen LogP contribution in [0.1, 0.15) is 22.7 Å². The van der Waals surface area contributed by atoms with Crippen molar-refractivity contribution in [2.45, 2.75) is 12.5 Å². The van der Waals surface area contributed by atoms with Gasteiger partial charge in [0.15, 0.2) is 0 Å². The van der Waals surface area contributed by atoms with Crippen molar-refractivity contribution in [3.05, 3.63) is 89.0 Å². The molecule has 1 amide bonds. The first kappa shape index (κ1) is 24.9. The number of amides is 1. The third kappa shape index (κ3) is 4.43. The summed E-state index contributed by atoms with van der Waals surface area (Å²) in [5.74, 6) is -1.61. The minimum absolute atomic E-state index is 0.0471. The Balaban J connectivity index is 1.64. The zero-order valence-electron chi connectivity index (χ0n) is 20.9. The number of carbonyl (C=O) groups excluding carboxylic acids is 2. The van der Waals surface area contributed by atoms with Crippen LogP contribution >= 0.6 is 0 Å². The molecule has 0 radical (unpaired) electrons.